The van der Waals surface area contributed by atoms with Crippen molar-refractivity contribution in [3.8, 4) is 11.4 Å². The average molecular weight is 356 g/mol. The molecule has 0 bridgehead atoms. The molecule has 0 atom stereocenters. The van der Waals surface area contributed by atoms with Gasteiger partial charge in [0.05, 0.1) is 5.75 Å². The van der Waals surface area contributed by atoms with Crippen molar-refractivity contribution >= 4 is 23.4 Å². The zero-order chi connectivity index (χ0) is 17.6. The summed E-state index contributed by atoms with van der Waals surface area (Å²) >= 11 is 1.55. The number of thioether (sulfide) groups is 1. The minimum atomic E-state index is 0.00664. The molecule has 5 nitrogen and oxygen atoms in total. The van der Waals surface area contributed by atoms with E-state index in [1.165, 1.54) is 12.8 Å². The molecule has 132 valence electrons. The summed E-state index contributed by atoms with van der Waals surface area (Å²) in [4.78, 5) is 12.1. The predicted molar refractivity (Wildman–Crippen MR) is 104 cm³/mol. The van der Waals surface area contributed by atoms with Gasteiger partial charge in [-0.05, 0) is 31.4 Å². The molecule has 0 aliphatic carbocycles. The first kappa shape index (κ1) is 17.7. The highest BCUT2D eigenvalue weighted by Crippen LogP contribution is 2.27. The molecule has 1 N–H and O–H groups in total. The zero-order valence-corrected chi connectivity index (χ0v) is 15.4. The number of amides is 1. The van der Waals surface area contributed by atoms with Crippen molar-refractivity contribution in [1.82, 2.24) is 14.8 Å². The first-order valence-electron chi connectivity index (χ1n) is 8.70. The van der Waals surface area contributed by atoms with Crippen LogP contribution in [0.1, 0.15) is 30.7 Å². The fourth-order valence-electron chi connectivity index (χ4n) is 3.02. The molecule has 3 rings (SSSR count). The van der Waals surface area contributed by atoms with E-state index >= 15 is 0 Å². The number of nitrogens with zero attached hydrogens (tertiary/aromatic N) is 3. The van der Waals surface area contributed by atoms with Gasteiger partial charge in [0, 0.05) is 30.0 Å². The van der Waals surface area contributed by atoms with Crippen molar-refractivity contribution in [2.45, 2.75) is 39.2 Å². The summed E-state index contributed by atoms with van der Waals surface area (Å²) < 4.78 is 2.23. The Hall–Kier alpha value is -2.08. The summed E-state index contributed by atoms with van der Waals surface area (Å²) in [7, 11) is 0. The second-order valence-corrected chi connectivity index (χ2v) is 7.31. The first-order chi connectivity index (χ1) is 12.2. The Bertz CT molecular complexity index is 769. The number of aryl methyl sites for hydroxylation is 2. The van der Waals surface area contributed by atoms with Crippen LogP contribution in [0.25, 0.3) is 11.4 Å². The van der Waals surface area contributed by atoms with Gasteiger partial charge >= 0.3 is 0 Å². The van der Waals surface area contributed by atoms with Crippen LogP contribution in [-0.4, -0.2) is 32.2 Å². The molecule has 6 heteroatoms. The molecule has 0 radical (unpaired) electrons. The first-order valence-corrected chi connectivity index (χ1v) is 9.86. The SMILES string of the molecule is C=CCSCC(=O)Nc1cc(-c2nnc3n2CCCCC3)ccc1C. The average Bonchev–Trinajstić information content (AvgIpc) is 2.85. The maximum atomic E-state index is 12.1. The lowest BCUT2D eigenvalue weighted by Gasteiger charge is -2.12. The van der Waals surface area contributed by atoms with Crippen LogP contribution >= 0.6 is 11.8 Å². The highest BCUT2D eigenvalue weighted by atomic mass is 32.2. The maximum absolute atomic E-state index is 12.1. The number of nitrogens with one attached hydrogen (secondary N) is 1. The van der Waals surface area contributed by atoms with Crippen molar-refractivity contribution in [3.63, 3.8) is 0 Å². The van der Waals surface area contributed by atoms with Crippen LogP contribution in [0, 0.1) is 6.92 Å². The van der Waals surface area contributed by atoms with Crippen molar-refractivity contribution in [1.29, 1.82) is 0 Å². The third-order valence-corrected chi connectivity index (χ3v) is 5.29. The van der Waals surface area contributed by atoms with Crippen LogP contribution in [0.4, 0.5) is 5.69 Å². The second kappa shape index (κ2) is 8.34. The van der Waals surface area contributed by atoms with Gasteiger partial charge in [0.25, 0.3) is 0 Å². The summed E-state index contributed by atoms with van der Waals surface area (Å²) in [5.41, 5.74) is 2.88. The summed E-state index contributed by atoms with van der Waals surface area (Å²) in [5.74, 6) is 3.18. The highest BCUT2D eigenvalue weighted by Gasteiger charge is 2.17. The maximum Gasteiger partial charge on any atom is 0.234 e. The van der Waals surface area contributed by atoms with E-state index in [-0.39, 0.29) is 5.91 Å². The van der Waals surface area contributed by atoms with Gasteiger partial charge in [0.15, 0.2) is 5.82 Å². The highest BCUT2D eigenvalue weighted by molar-refractivity contribution is 8.00. The lowest BCUT2D eigenvalue weighted by Crippen LogP contribution is -2.15. The predicted octanol–water partition coefficient (Wildman–Crippen LogP) is 3.84. The number of benzene rings is 1. The molecular weight excluding hydrogens is 332 g/mol. The zero-order valence-electron chi connectivity index (χ0n) is 14.6. The van der Waals surface area contributed by atoms with Gasteiger partial charge in [-0.1, -0.05) is 24.6 Å². The minimum Gasteiger partial charge on any atom is -0.325 e. The smallest absolute Gasteiger partial charge is 0.234 e. The van der Waals surface area contributed by atoms with E-state index in [0.717, 1.165) is 53.6 Å². The van der Waals surface area contributed by atoms with E-state index in [9.17, 15) is 4.79 Å². The van der Waals surface area contributed by atoms with Crippen LogP contribution in [0.15, 0.2) is 30.9 Å². The lowest BCUT2D eigenvalue weighted by atomic mass is 10.1. The second-order valence-electron chi connectivity index (χ2n) is 6.28. The third kappa shape index (κ3) is 4.31. The minimum absolute atomic E-state index is 0.00664. The third-order valence-electron chi connectivity index (χ3n) is 4.35. The van der Waals surface area contributed by atoms with Crippen LogP contribution in [0.2, 0.25) is 0 Å². The molecule has 0 spiro atoms. The molecule has 0 fully saturated rings. The monoisotopic (exact) mass is 356 g/mol. The lowest BCUT2D eigenvalue weighted by molar-refractivity contribution is -0.113. The molecule has 2 aromatic rings. The standard InChI is InChI=1S/C19H24N4OS/c1-3-11-25-13-18(24)20-16-12-15(9-8-14(16)2)19-22-21-17-7-5-4-6-10-23(17)19/h3,8-9,12H,1,4-7,10-11,13H2,2H3,(H,20,24). The number of hydrogen-bond donors (Lipinski definition) is 1. The normalized spacial score (nSPS) is 13.8. The molecular formula is C19H24N4OS. The fourth-order valence-corrected chi connectivity index (χ4v) is 3.56. The molecule has 0 unspecified atom stereocenters. The molecule has 2 heterocycles. The summed E-state index contributed by atoms with van der Waals surface area (Å²) in [6.45, 7) is 6.63. The topological polar surface area (TPSA) is 59.8 Å². The van der Waals surface area contributed by atoms with E-state index in [2.05, 4.69) is 32.7 Å². The molecule has 0 saturated heterocycles. The van der Waals surface area contributed by atoms with E-state index in [1.807, 2.05) is 19.1 Å². The summed E-state index contributed by atoms with van der Waals surface area (Å²) in [5, 5.41) is 11.8. The largest absolute Gasteiger partial charge is 0.325 e. The number of hydrogen-bond acceptors (Lipinski definition) is 4. The van der Waals surface area contributed by atoms with Crippen molar-refractivity contribution in [2.24, 2.45) is 0 Å². The molecule has 1 aliphatic heterocycles. The van der Waals surface area contributed by atoms with E-state index in [0.29, 0.717) is 5.75 Å². The van der Waals surface area contributed by atoms with Gasteiger partial charge in [0.1, 0.15) is 5.82 Å². The van der Waals surface area contributed by atoms with Crippen LogP contribution in [0.3, 0.4) is 0 Å². The van der Waals surface area contributed by atoms with Gasteiger partial charge in [-0.2, -0.15) is 0 Å². The molecule has 0 saturated carbocycles. The van der Waals surface area contributed by atoms with Gasteiger partial charge in [-0.3, -0.25) is 4.79 Å². The van der Waals surface area contributed by atoms with Gasteiger partial charge in [-0.15, -0.1) is 28.5 Å². The van der Waals surface area contributed by atoms with E-state index < -0.39 is 0 Å². The number of anilines is 1. The number of rotatable bonds is 6. The van der Waals surface area contributed by atoms with E-state index in [4.69, 9.17) is 0 Å². The summed E-state index contributed by atoms with van der Waals surface area (Å²) in [6, 6.07) is 6.09. The Labute approximate surface area is 152 Å². The fraction of sp³-hybridized carbons (Fsp3) is 0.421. The Balaban J connectivity index is 1.81. The molecule has 1 aliphatic rings. The Kier molecular flexibility index (Phi) is 5.91. The Morgan fingerprint density at radius 2 is 2.24 bits per heavy atom. The van der Waals surface area contributed by atoms with Gasteiger partial charge in [0.2, 0.25) is 5.91 Å². The number of carbonyl (C=O) groups excluding carboxylic acids is 1. The number of aromatic nitrogens is 3. The molecule has 1 aromatic carbocycles. The van der Waals surface area contributed by atoms with Crippen LogP contribution in [-0.2, 0) is 17.8 Å². The number of carbonyl (C=O) groups is 1. The Morgan fingerprint density at radius 1 is 1.36 bits per heavy atom. The molecule has 25 heavy (non-hydrogen) atoms. The molecule has 1 amide bonds. The van der Waals surface area contributed by atoms with Crippen LogP contribution in [0.5, 0.6) is 0 Å². The quantitative estimate of drug-likeness (QED) is 0.631. The number of fused-ring (bicyclic) bond motifs is 1. The van der Waals surface area contributed by atoms with Gasteiger partial charge in [-0.25, -0.2) is 0 Å². The Morgan fingerprint density at radius 3 is 3.08 bits per heavy atom. The summed E-state index contributed by atoms with van der Waals surface area (Å²) in [6.07, 6.45) is 6.37. The van der Waals surface area contributed by atoms with E-state index in [1.54, 1.807) is 17.8 Å². The van der Waals surface area contributed by atoms with Crippen molar-refractivity contribution < 1.29 is 4.79 Å². The van der Waals surface area contributed by atoms with Crippen molar-refractivity contribution in [2.75, 3.05) is 16.8 Å². The van der Waals surface area contributed by atoms with Crippen molar-refractivity contribution in [3.05, 3.63) is 42.2 Å². The van der Waals surface area contributed by atoms with Gasteiger partial charge < -0.3 is 9.88 Å². The van der Waals surface area contributed by atoms with Crippen LogP contribution < -0.4 is 5.32 Å². The molecule has 1 aromatic heterocycles.